The Morgan fingerprint density at radius 2 is 2.05 bits per heavy atom. The smallest absolute Gasteiger partial charge is 0.0230 e. The van der Waals surface area contributed by atoms with Crippen LogP contribution >= 0.6 is 15.9 Å². The van der Waals surface area contributed by atoms with Crippen LogP contribution in [-0.4, -0.2) is 31.6 Å². The standard InChI is InChI=1S/C17H27BrN2/c1-3-9-17(10-4-11-19-13-17)14-20(2)12-15-5-7-16(18)8-6-15/h5-8,19H,3-4,9-14H2,1-2H3. The molecule has 0 amide bonds. The van der Waals surface area contributed by atoms with Crippen LogP contribution in [-0.2, 0) is 6.54 Å². The fourth-order valence-electron chi connectivity index (χ4n) is 3.52. The van der Waals surface area contributed by atoms with Crippen LogP contribution in [0.3, 0.4) is 0 Å². The first-order chi connectivity index (χ1) is 9.63. The molecule has 2 nitrogen and oxygen atoms in total. The summed E-state index contributed by atoms with van der Waals surface area (Å²) in [4.78, 5) is 2.49. The lowest BCUT2D eigenvalue weighted by atomic mass is 9.76. The number of piperidine rings is 1. The zero-order valence-electron chi connectivity index (χ0n) is 12.8. The third-order valence-corrected chi connectivity index (χ3v) is 4.84. The van der Waals surface area contributed by atoms with Crippen molar-refractivity contribution in [1.82, 2.24) is 10.2 Å². The van der Waals surface area contributed by atoms with Gasteiger partial charge in [-0.25, -0.2) is 0 Å². The van der Waals surface area contributed by atoms with Crippen molar-refractivity contribution in [3.05, 3.63) is 34.3 Å². The fourth-order valence-corrected chi connectivity index (χ4v) is 3.78. The molecule has 0 spiro atoms. The fraction of sp³-hybridized carbons (Fsp3) is 0.647. The summed E-state index contributed by atoms with van der Waals surface area (Å²) >= 11 is 3.50. The van der Waals surface area contributed by atoms with Gasteiger partial charge in [-0.05, 0) is 56.0 Å². The molecule has 0 bridgehead atoms. The molecular weight excluding hydrogens is 312 g/mol. The van der Waals surface area contributed by atoms with Gasteiger partial charge < -0.3 is 10.2 Å². The third kappa shape index (κ3) is 4.57. The van der Waals surface area contributed by atoms with Crippen molar-refractivity contribution in [2.24, 2.45) is 5.41 Å². The molecule has 1 fully saturated rings. The van der Waals surface area contributed by atoms with Gasteiger partial charge in [0.25, 0.3) is 0 Å². The van der Waals surface area contributed by atoms with Gasteiger partial charge in [0.05, 0.1) is 0 Å². The van der Waals surface area contributed by atoms with E-state index in [1.165, 1.54) is 50.9 Å². The first kappa shape index (κ1) is 16.0. The van der Waals surface area contributed by atoms with Gasteiger partial charge in [-0.15, -0.1) is 0 Å². The topological polar surface area (TPSA) is 15.3 Å². The van der Waals surface area contributed by atoms with Crippen LogP contribution in [0.4, 0.5) is 0 Å². The molecule has 1 aliphatic rings. The van der Waals surface area contributed by atoms with Crippen LogP contribution in [0.25, 0.3) is 0 Å². The average molecular weight is 339 g/mol. The highest BCUT2D eigenvalue weighted by Gasteiger charge is 2.32. The Morgan fingerprint density at radius 3 is 2.65 bits per heavy atom. The van der Waals surface area contributed by atoms with Crippen LogP contribution in [0.2, 0.25) is 0 Å². The number of hydrogen-bond acceptors (Lipinski definition) is 2. The minimum absolute atomic E-state index is 0.483. The summed E-state index contributed by atoms with van der Waals surface area (Å²) in [6.45, 7) is 6.93. The van der Waals surface area contributed by atoms with E-state index in [9.17, 15) is 0 Å². The van der Waals surface area contributed by atoms with E-state index in [2.05, 4.69) is 64.4 Å². The molecule has 20 heavy (non-hydrogen) atoms. The highest BCUT2D eigenvalue weighted by molar-refractivity contribution is 9.10. The van der Waals surface area contributed by atoms with Gasteiger partial charge in [-0.1, -0.05) is 41.4 Å². The number of nitrogens with one attached hydrogen (secondary N) is 1. The molecule has 1 aromatic carbocycles. The van der Waals surface area contributed by atoms with E-state index in [-0.39, 0.29) is 0 Å². The van der Waals surface area contributed by atoms with Crippen molar-refractivity contribution in [3.8, 4) is 0 Å². The minimum atomic E-state index is 0.483. The van der Waals surface area contributed by atoms with E-state index in [4.69, 9.17) is 0 Å². The summed E-state index contributed by atoms with van der Waals surface area (Å²) in [6.07, 6.45) is 5.32. The molecule has 1 aromatic rings. The van der Waals surface area contributed by atoms with Crippen LogP contribution in [0.1, 0.15) is 38.2 Å². The van der Waals surface area contributed by atoms with Crippen LogP contribution in [0, 0.1) is 5.41 Å². The van der Waals surface area contributed by atoms with Gasteiger partial charge in [0.15, 0.2) is 0 Å². The monoisotopic (exact) mass is 338 g/mol. The lowest BCUT2D eigenvalue weighted by molar-refractivity contribution is 0.118. The SMILES string of the molecule is CCCC1(CN(C)Cc2ccc(Br)cc2)CCCNC1. The van der Waals surface area contributed by atoms with Crippen molar-refractivity contribution < 1.29 is 0 Å². The second-order valence-electron chi connectivity index (χ2n) is 6.33. The van der Waals surface area contributed by atoms with Crippen molar-refractivity contribution in [2.45, 2.75) is 39.2 Å². The number of halogens is 1. The predicted molar refractivity (Wildman–Crippen MR) is 89.9 cm³/mol. The summed E-state index contributed by atoms with van der Waals surface area (Å²) in [6, 6.07) is 8.69. The zero-order chi connectivity index (χ0) is 14.4. The Bertz CT molecular complexity index is 390. The molecule has 1 aliphatic heterocycles. The number of hydrogen-bond donors (Lipinski definition) is 1. The van der Waals surface area contributed by atoms with E-state index in [1.807, 2.05) is 0 Å². The van der Waals surface area contributed by atoms with Crippen LogP contribution in [0.15, 0.2) is 28.7 Å². The van der Waals surface area contributed by atoms with Crippen molar-refractivity contribution in [2.75, 3.05) is 26.7 Å². The lowest BCUT2D eigenvalue weighted by Crippen LogP contribution is -2.46. The molecule has 112 valence electrons. The summed E-state index contributed by atoms with van der Waals surface area (Å²) < 4.78 is 1.16. The molecule has 2 rings (SSSR count). The van der Waals surface area contributed by atoms with E-state index >= 15 is 0 Å². The first-order valence-electron chi connectivity index (χ1n) is 7.77. The van der Waals surface area contributed by atoms with Crippen molar-refractivity contribution >= 4 is 15.9 Å². The molecule has 1 saturated heterocycles. The number of rotatable bonds is 6. The maximum atomic E-state index is 3.60. The minimum Gasteiger partial charge on any atom is -0.316 e. The zero-order valence-corrected chi connectivity index (χ0v) is 14.4. The van der Waals surface area contributed by atoms with E-state index in [0.29, 0.717) is 5.41 Å². The molecule has 0 radical (unpaired) electrons. The number of nitrogens with zero attached hydrogens (tertiary/aromatic N) is 1. The van der Waals surface area contributed by atoms with Gasteiger partial charge in [-0.3, -0.25) is 0 Å². The Hall–Kier alpha value is -0.380. The van der Waals surface area contributed by atoms with Crippen LogP contribution < -0.4 is 5.32 Å². The quantitative estimate of drug-likeness (QED) is 0.841. The van der Waals surface area contributed by atoms with Gasteiger partial charge in [-0.2, -0.15) is 0 Å². The molecule has 1 atom stereocenters. The molecule has 0 aromatic heterocycles. The molecule has 1 heterocycles. The molecular formula is C17H27BrN2. The van der Waals surface area contributed by atoms with Gasteiger partial charge >= 0.3 is 0 Å². The Morgan fingerprint density at radius 1 is 1.30 bits per heavy atom. The molecule has 3 heteroatoms. The summed E-state index contributed by atoms with van der Waals surface area (Å²) in [5.41, 5.74) is 1.88. The maximum absolute atomic E-state index is 3.60. The van der Waals surface area contributed by atoms with Gasteiger partial charge in [0.1, 0.15) is 0 Å². The molecule has 0 saturated carbocycles. The predicted octanol–water partition coefficient (Wildman–Crippen LogP) is 4.05. The Kier molecular flexibility index (Phi) is 6.06. The second kappa shape index (κ2) is 7.58. The van der Waals surface area contributed by atoms with Gasteiger partial charge in [0.2, 0.25) is 0 Å². The Balaban J connectivity index is 1.93. The van der Waals surface area contributed by atoms with Crippen molar-refractivity contribution in [1.29, 1.82) is 0 Å². The van der Waals surface area contributed by atoms with E-state index in [0.717, 1.165) is 11.0 Å². The molecule has 1 N–H and O–H groups in total. The Labute approximate surface area is 132 Å². The summed E-state index contributed by atoms with van der Waals surface area (Å²) in [5.74, 6) is 0. The second-order valence-corrected chi connectivity index (χ2v) is 7.24. The van der Waals surface area contributed by atoms with Crippen molar-refractivity contribution in [3.63, 3.8) is 0 Å². The highest BCUT2D eigenvalue weighted by Crippen LogP contribution is 2.32. The highest BCUT2D eigenvalue weighted by atomic mass is 79.9. The number of benzene rings is 1. The largest absolute Gasteiger partial charge is 0.316 e. The first-order valence-corrected chi connectivity index (χ1v) is 8.56. The third-order valence-electron chi connectivity index (χ3n) is 4.31. The maximum Gasteiger partial charge on any atom is 0.0230 e. The summed E-state index contributed by atoms with van der Waals surface area (Å²) in [5, 5.41) is 3.60. The van der Waals surface area contributed by atoms with E-state index < -0.39 is 0 Å². The van der Waals surface area contributed by atoms with Crippen LogP contribution in [0.5, 0.6) is 0 Å². The van der Waals surface area contributed by atoms with E-state index in [1.54, 1.807) is 0 Å². The molecule has 1 unspecified atom stereocenters. The molecule has 0 aliphatic carbocycles. The lowest BCUT2D eigenvalue weighted by Gasteiger charge is -2.40. The summed E-state index contributed by atoms with van der Waals surface area (Å²) in [7, 11) is 2.26. The van der Waals surface area contributed by atoms with Gasteiger partial charge in [0, 0.05) is 24.1 Å². The normalized spacial score (nSPS) is 23.2. The average Bonchev–Trinajstić information content (AvgIpc) is 2.42.